The van der Waals surface area contributed by atoms with Gasteiger partial charge in [-0.15, -0.1) is 0 Å². The summed E-state index contributed by atoms with van der Waals surface area (Å²) >= 11 is 0. The van der Waals surface area contributed by atoms with Gasteiger partial charge in [0, 0.05) is 0 Å². The van der Waals surface area contributed by atoms with Crippen molar-refractivity contribution in [2.45, 2.75) is 13.5 Å². The molecule has 0 aliphatic heterocycles. The van der Waals surface area contributed by atoms with Crippen LogP contribution in [0.2, 0.25) is 0 Å². The van der Waals surface area contributed by atoms with Gasteiger partial charge in [0.15, 0.2) is 0 Å². The molecule has 0 amide bonds. The van der Waals surface area contributed by atoms with E-state index in [9.17, 15) is 5.11 Å². The number of hydrogen-bond acceptors (Lipinski definition) is 2. The van der Waals surface area contributed by atoms with Crippen LogP contribution >= 0.6 is 0 Å². The van der Waals surface area contributed by atoms with Crippen molar-refractivity contribution >= 4 is 0 Å². The fraction of sp³-hybridized carbons (Fsp3) is 0.200. The normalized spacial score (nSPS) is 10.3. The SMILES string of the molecule is COc1ccc(-c2cccc(CO)c2C)cc1. The summed E-state index contributed by atoms with van der Waals surface area (Å²) in [4.78, 5) is 0. The molecule has 17 heavy (non-hydrogen) atoms. The molecule has 0 aromatic heterocycles. The lowest BCUT2D eigenvalue weighted by Crippen LogP contribution is -1.92. The van der Waals surface area contributed by atoms with Gasteiger partial charge >= 0.3 is 0 Å². The number of aliphatic hydroxyl groups excluding tert-OH is 1. The van der Waals surface area contributed by atoms with Crippen molar-refractivity contribution in [1.29, 1.82) is 0 Å². The molecule has 0 radical (unpaired) electrons. The molecule has 0 atom stereocenters. The van der Waals surface area contributed by atoms with Crippen LogP contribution in [0.4, 0.5) is 0 Å². The van der Waals surface area contributed by atoms with E-state index in [1.165, 1.54) is 0 Å². The summed E-state index contributed by atoms with van der Waals surface area (Å²) in [5.74, 6) is 0.852. The largest absolute Gasteiger partial charge is 0.497 e. The van der Waals surface area contributed by atoms with Crippen molar-refractivity contribution in [3.8, 4) is 16.9 Å². The third kappa shape index (κ3) is 2.32. The van der Waals surface area contributed by atoms with Crippen molar-refractivity contribution < 1.29 is 9.84 Å². The van der Waals surface area contributed by atoms with E-state index in [2.05, 4.69) is 6.07 Å². The van der Waals surface area contributed by atoms with Gasteiger partial charge in [0.25, 0.3) is 0 Å². The summed E-state index contributed by atoms with van der Waals surface area (Å²) < 4.78 is 5.14. The van der Waals surface area contributed by atoms with Crippen molar-refractivity contribution in [1.82, 2.24) is 0 Å². The molecule has 0 saturated carbocycles. The van der Waals surface area contributed by atoms with Gasteiger partial charge in [-0.05, 0) is 41.3 Å². The van der Waals surface area contributed by atoms with Gasteiger partial charge < -0.3 is 9.84 Å². The predicted molar refractivity (Wildman–Crippen MR) is 69.1 cm³/mol. The Morgan fingerprint density at radius 3 is 2.35 bits per heavy atom. The van der Waals surface area contributed by atoms with Crippen molar-refractivity contribution in [3.05, 3.63) is 53.6 Å². The first-order valence-electron chi connectivity index (χ1n) is 5.60. The lowest BCUT2D eigenvalue weighted by Gasteiger charge is -2.10. The molecular weight excluding hydrogens is 212 g/mol. The molecule has 2 heteroatoms. The molecule has 0 unspecified atom stereocenters. The maximum absolute atomic E-state index is 9.25. The maximum Gasteiger partial charge on any atom is 0.118 e. The highest BCUT2D eigenvalue weighted by Crippen LogP contribution is 2.27. The Kier molecular flexibility index (Phi) is 3.45. The minimum absolute atomic E-state index is 0.0792. The molecule has 1 N–H and O–H groups in total. The van der Waals surface area contributed by atoms with Crippen LogP contribution in [0.25, 0.3) is 11.1 Å². The molecular formula is C15H16O2. The molecule has 2 nitrogen and oxygen atoms in total. The maximum atomic E-state index is 9.25. The van der Waals surface area contributed by atoms with Crippen molar-refractivity contribution in [2.24, 2.45) is 0 Å². The van der Waals surface area contributed by atoms with Gasteiger partial charge in [-0.25, -0.2) is 0 Å². The van der Waals surface area contributed by atoms with Crippen LogP contribution in [0.1, 0.15) is 11.1 Å². The van der Waals surface area contributed by atoms with Crippen LogP contribution in [0.3, 0.4) is 0 Å². The van der Waals surface area contributed by atoms with E-state index in [1.54, 1.807) is 7.11 Å². The Morgan fingerprint density at radius 2 is 1.76 bits per heavy atom. The van der Waals surface area contributed by atoms with Gasteiger partial charge in [0.2, 0.25) is 0 Å². The average Bonchev–Trinajstić information content (AvgIpc) is 2.39. The van der Waals surface area contributed by atoms with E-state index in [1.807, 2.05) is 43.3 Å². The molecule has 0 aliphatic carbocycles. The summed E-state index contributed by atoms with van der Waals surface area (Å²) in [6.07, 6.45) is 0. The molecule has 0 bridgehead atoms. The molecule has 0 aliphatic rings. The minimum Gasteiger partial charge on any atom is -0.497 e. The zero-order valence-electron chi connectivity index (χ0n) is 10.1. The summed E-state index contributed by atoms with van der Waals surface area (Å²) in [5, 5.41) is 9.25. The fourth-order valence-electron chi connectivity index (χ4n) is 1.94. The predicted octanol–water partition coefficient (Wildman–Crippen LogP) is 3.16. The quantitative estimate of drug-likeness (QED) is 0.874. The molecule has 2 aromatic rings. The fourth-order valence-corrected chi connectivity index (χ4v) is 1.94. The number of ether oxygens (including phenoxy) is 1. The molecule has 2 rings (SSSR count). The minimum atomic E-state index is 0.0792. The van der Waals surface area contributed by atoms with Crippen LogP contribution in [0.15, 0.2) is 42.5 Å². The number of benzene rings is 2. The lowest BCUT2D eigenvalue weighted by molar-refractivity contribution is 0.281. The van der Waals surface area contributed by atoms with Gasteiger partial charge in [0.1, 0.15) is 5.75 Å². The van der Waals surface area contributed by atoms with Crippen LogP contribution in [-0.4, -0.2) is 12.2 Å². The van der Waals surface area contributed by atoms with E-state index in [4.69, 9.17) is 4.74 Å². The second kappa shape index (κ2) is 5.02. The van der Waals surface area contributed by atoms with Gasteiger partial charge in [0.05, 0.1) is 13.7 Å². The van der Waals surface area contributed by atoms with E-state index < -0.39 is 0 Å². The summed E-state index contributed by atoms with van der Waals surface area (Å²) in [5.41, 5.74) is 4.39. The van der Waals surface area contributed by atoms with E-state index in [0.717, 1.165) is 28.0 Å². The Labute approximate surface area is 101 Å². The van der Waals surface area contributed by atoms with Crippen LogP contribution < -0.4 is 4.74 Å². The molecule has 0 heterocycles. The standard InChI is InChI=1S/C15H16O2/c1-11-13(10-16)4-3-5-15(11)12-6-8-14(17-2)9-7-12/h3-9,16H,10H2,1-2H3. The van der Waals surface area contributed by atoms with Gasteiger partial charge in [-0.3, -0.25) is 0 Å². The highest BCUT2D eigenvalue weighted by atomic mass is 16.5. The number of hydrogen-bond donors (Lipinski definition) is 1. The van der Waals surface area contributed by atoms with Gasteiger partial charge in [-0.1, -0.05) is 30.3 Å². The first-order chi connectivity index (χ1) is 8.26. The average molecular weight is 228 g/mol. The summed E-state index contributed by atoms with van der Waals surface area (Å²) in [6.45, 7) is 2.11. The van der Waals surface area contributed by atoms with Crippen LogP contribution in [0, 0.1) is 6.92 Å². The van der Waals surface area contributed by atoms with Crippen molar-refractivity contribution in [3.63, 3.8) is 0 Å². The Hall–Kier alpha value is -1.80. The summed E-state index contributed by atoms with van der Waals surface area (Å²) in [6, 6.07) is 13.9. The highest BCUT2D eigenvalue weighted by molar-refractivity contribution is 5.69. The zero-order valence-corrected chi connectivity index (χ0v) is 10.1. The van der Waals surface area contributed by atoms with E-state index >= 15 is 0 Å². The Bertz CT molecular complexity index is 501. The van der Waals surface area contributed by atoms with Crippen LogP contribution in [-0.2, 0) is 6.61 Å². The number of aliphatic hydroxyl groups is 1. The first-order valence-corrected chi connectivity index (χ1v) is 5.60. The highest BCUT2D eigenvalue weighted by Gasteiger charge is 2.05. The second-order valence-electron chi connectivity index (χ2n) is 3.98. The number of methoxy groups -OCH3 is 1. The Morgan fingerprint density at radius 1 is 1.06 bits per heavy atom. The molecule has 2 aromatic carbocycles. The van der Waals surface area contributed by atoms with Crippen molar-refractivity contribution in [2.75, 3.05) is 7.11 Å². The third-order valence-electron chi connectivity index (χ3n) is 3.02. The molecule has 0 fully saturated rings. The zero-order chi connectivity index (χ0) is 12.3. The monoisotopic (exact) mass is 228 g/mol. The molecule has 0 saturated heterocycles. The number of rotatable bonds is 3. The second-order valence-corrected chi connectivity index (χ2v) is 3.98. The third-order valence-corrected chi connectivity index (χ3v) is 3.02. The van der Waals surface area contributed by atoms with E-state index in [-0.39, 0.29) is 6.61 Å². The van der Waals surface area contributed by atoms with Crippen LogP contribution in [0.5, 0.6) is 5.75 Å². The smallest absolute Gasteiger partial charge is 0.118 e. The van der Waals surface area contributed by atoms with E-state index in [0.29, 0.717) is 0 Å². The Balaban J connectivity index is 2.45. The first kappa shape index (κ1) is 11.7. The molecule has 88 valence electrons. The van der Waals surface area contributed by atoms with Gasteiger partial charge in [-0.2, -0.15) is 0 Å². The summed E-state index contributed by atoms with van der Waals surface area (Å²) in [7, 11) is 1.66. The lowest BCUT2D eigenvalue weighted by atomic mass is 9.97. The topological polar surface area (TPSA) is 29.5 Å². The molecule has 0 spiro atoms.